The van der Waals surface area contributed by atoms with Crippen LogP contribution in [-0.4, -0.2) is 43.8 Å². The molecule has 0 bridgehead atoms. The minimum atomic E-state index is -4.18. The maximum atomic E-state index is 12.6. The molecule has 2 nitrogen and oxygen atoms in total. The van der Waals surface area contributed by atoms with Crippen molar-refractivity contribution in [2.24, 2.45) is 5.92 Å². The highest BCUT2D eigenvalue weighted by molar-refractivity contribution is 6.31. The van der Waals surface area contributed by atoms with Gasteiger partial charge in [-0.15, -0.1) is 0 Å². The molecule has 2 rings (SSSR count). The summed E-state index contributed by atoms with van der Waals surface area (Å²) < 4.78 is 37.9. The van der Waals surface area contributed by atoms with E-state index in [1.807, 2.05) is 7.05 Å². The molecule has 0 aromatic rings. The number of allylic oxidation sites excluding steroid dienone is 3. The Hall–Kier alpha value is -0.520. The van der Waals surface area contributed by atoms with E-state index in [1.54, 1.807) is 0 Å². The van der Waals surface area contributed by atoms with Crippen molar-refractivity contribution in [2.75, 3.05) is 26.7 Å². The van der Waals surface area contributed by atoms with E-state index in [1.165, 1.54) is 6.08 Å². The lowest BCUT2D eigenvalue weighted by molar-refractivity contribution is -0.161. The lowest BCUT2D eigenvalue weighted by Gasteiger charge is -2.37. The van der Waals surface area contributed by atoms with Crippen molar-refractivity contribution in [3.63, 3.8) is 0 Å². The van der Waals surface area contributed by atoms with Gasteiger partial charge in [-0.2, -0.15) is 13.2 Å². The van der Waals surface area contributed by atoms with Crippen molar-refractivity contribution in [3.8, 4) is 0 Å². The van der Waals surface area contributed by atoms with Gasteiger partial charge in [-0.3, -0.25) is 0 Å². The van der Waals surface area contributed by atoms with Gasteiger partial charge >= 0.3 is 6.18 Å². The van der Waals surface area contributed by atoms with Crippen molar-refractivity contribution in [2.45, 2.75) is 18.6 Å². The molecule has 0 saturated carbocycles. The highest BCUT2D eigenvalue weighted by atomic mass is 35.5. The number of halogens is 4. The minimum absolute atomic E-state index is 0.0333. The van der Waals surface area contributed by atoms with E-state index in [4.69, 9.17) is 11.6 Å². The number of rotatable bonds is 3. The van der Waals surface area contributed by atoms with Crippen LogP contribution < -0.4 is 5.32 Å². The van der Waals surface area contributed by atoms with Gasteiger partial charge < -0.3 is 10.2 Å². The Kier molecular flexibility index (Phi) is 4.04. The molecule has 2 aliphatic rings. The first-order chi connectivity index (χ1) is 8.36. The summed E-state index contributed by atoms with van der Waals surface area (Å²) in [6, 6.07) is 0.363. The second kappa shape index (κ2) is 5.23. The smallest absolute Gasteiger partial charge is 0.308 e. The number of nitrogens with one attached hydrogen (secondary N) is 1. The normalized spacial score (nSPS) is 26.6. The molecule has 1 fully saturated rings. The number of alkyl halides is 3. The standard InChI is InChI=1S/C12H16ClF3N2/c1-18-6-10(7-18)17-5-8-4-9(12(14,15)16)2-3-11(8)13/h2-3,9-10,17H,4-7H2,1H3. The van der Waals surface area contributed by atoms with E-state index in [2.05, 4.69) is 10.2 Å². The lowest BCUT2D eigenvalue weighted by Crippen LogP contribution is -2.56. The van der Waals surface area contributed by atoms with Crippen molar-refractivity contribution in [3.05, 3.63) is 22.8 Å². The highest BCUT2D eigenvalue weighted by Crippen LogP contribution is 2.36. The van der Waals surface area contributed by atoms with Gasteiger partial charge in [0.15, 0.2) is 0 Å². The van der Waals surface area contributed by atoms with Crippen molar-refractivity contribution >= 4 is 11.6 Å². The van der Waals surface area contributed by atoms with Crippen LogP contribution in [-0.2, 0) is 0 Å². The van der Waals surface area contributed by atoms with Gasteiger partial charge in [0, 0.05) is 30.7 Å². The summed E-state index contributed by atoms with van der Waals surface area (Å²) in [5.74, 6) is -1.40. The molecular weight excluding hydrogens is 265 g/mol. The zero-order chi connectivity index (χ0) is 13.3. The number of likely N-dealkylation sites (tertiary alicyclic amines) is 1. The van der Waals surface area contributed by atoms with E-state index >= 15 is 0 Å². The molecule has 0 radical (unpaired) electrons. The predicted octanol–water partition coefficient (Wildman–Crippen LogP) is 2.52. The molecule has 1 heterocycles. The molecule has 1 N–H and O–H groups in total. The average molecular weight is 281 g/mol. The molecule has 0 amide bonds. The number of hydrogen-bond donors (Lipinski definition) is 1. The van der Waals surface area contributed by atoms with E-state index in [0.717, 1.165) is 19.2 Å². The van der Waals surface area contributed by atoms with E-state index in [9.17, 15) is 13.2 Å². The summed E-state index contributed by atoms with van der Waals surface area (Å²) in [6.45, 7) is 2.31. The van der Waals surface area contributed by atoms with Crippen LogP contribution in [0.5, 0.6) is 0 Å². The van der Waals surface area contributed by atoms with Crippen molar-refractivity contribution in [1.29, 1.82) is 0 Å². The fraction of sp³-hybridized carbons (Fsp3) is 0.667. The summed E-state index contributed by atoms with van der Waals surface area (Å²) >= 11 is 5.95. The van der Waals surface area contributed by atoms with Gasteiger partial charge in [-0.1, -0.05) is 17.7 Å². The molecule has 0 aromatic carbocycles. The first kappa shape index (κ1) is 13.9. The third kappa shape index (κ3) is 3.28. The first-order valence-corrected chi connectivity index (χ1v) is 6.28. The maximum Gasteiger partial charge on any atom is 0.395 e. The second-order valence-electron chi connectivity index (χ2n) is 4.96. The maximum absolute atomic E-state index is 12.6. The number of likely N-dealkylation sites (N-methyl/N-ethyl adjacent to an activating group) is 1. The van der Waals surface area contributed by atoms with E-state index in [-0.39, 0.29) is 6.42 Å². The Morgan fingerprint density at radius 3 is 2.67 bits per heavy atom. The monoisotopic (exact) mass is 280 g/mol. The third-order valence-corrected chi connectivity index (χ3v) is 3.76. The minimum Gasteiger partial charge on any atom is -0.308 e. The zero-order valence-corrected chi connectivity index (χ0v) is 10.9. The Morgan fingerprint density at radius 2 is 2.11 bits per heavy atom. The molecule has 102 valence electrons. The third-order valence-electron chi connectivity index (χ3n) is 3.37. The first-order valence-electron chi connectivity index (χ1n) is 5.90. The number of hydrogen-bond acceptors (Lipinski definition) is 2. The predicted molar refractivity (Wildman–Crippen MR) is 65.5 cm³/mol. The molecule has 0 spiro atoms. The van der Waals surface area contributed by atoms with Gasteiger partial charge in [0.1, 0.15) is 0 Å². The van der Waals surface area contributed by atoms with Crippen LogP contribution in [0, 0.1) is 5.92 Å². The second-order valence-corrected chi connectivity index (χ2v) is 5.37. The quantitative estimate of drug-likeness (QED) is 0.855. The molecule has 1 aliphatic heterocycles. The highest BCUT2D eigenvalue weighted by Gasteiger charge is 2.39. The molecule has 0 aromatic heterocycles. The lowest BCUT2D eigenvalue weighted by atomic mass is 9.93. The fourth-order valence-electron chi connectivity index (χ4n) is 2.23. The zero-order valence-electron chi connectivity index (χ0n) is 10.1. The molecule has 1 atom stereocenters. The molecule has 1 aliphatic carbocycles. The van der Waals surface area contributed by atoms with Crippen LogP contribution in [0.1, 0.15) is 6.42 Å². The number of nitrogens with zero attached hydrogens (tertiary/aromatic N) is 1. The summed E-state index contributed by atoms with van der Waals surface area (Å²) in [6.07, 6.45) is -1.71. The SMILES string of the molecule is CN1CC(NCC2=C(Cl)C=CC(C(F)(F)F)C2)C1. The summed E-state index contributed by atoms with van der Waals surface area (Å²) in [5, 5.41) is 3.68. The van der Waals surface area contributed by atoms with Gasteiger partial charge in [-0.25, -0.2) is 0 Å². The molecular formula is C12H16ClF3N2. The Balaban J connectivity index is 1.88. The van der Waals surface area contributed by atoms with Crippen LogP contribution in [0.2, 0.25) is 0 Å². The molecule has 1 unspecified atom stereocenters. The Bertz CT molecular complexity index is 370. The summed E-state index contributed by atoms with van der Waals surface area (Å²) in [4.78, 5) is 2.15. The van der Waals surface area contributed by atoms with Crippen LogP contribution >= 0.6 is 11.6 Å². The largest absolute Gasteiger partial charge is 0.395 e. The Morgan fingerprint density at radius 1 is 1.44 bits per heavy atom. The van der Waals surface area contributed by atoms with Gasteiger partial charge in [-0.05, 0) is 25.1 Å². The average Bonchev–Trinajstić information content (AvgIpc) is 2.23. The molecule has 1 saturated heterocycles. The molecule has 6 heteroatoms. The van der Waals surface area contributed by atoms with E-state index in [0.29, 0.717) is 23.2 Å². The van der Waals surface area contributed by atoms with Gasteiger partial charge in [0.25, 0.3) is 0 Å². The topological polar surface area (TPSA) is 15.3 Å². The van der Waals surface area contributed by atoms with Crippen molar-refractivity contribution in [1.82, 2.24) is 10.2 Å². The van der Waals surface area contributed by atoms with E-state index < -0.39 is 12.1 Å². The van der Waals surface area contributed by atoms with Crippen LogP contribution in [0.4, 0.5) is 13.2 Å². The summed E-state index contributed by atoms with van der Waals surface area (Å²) in [5.41, 5.74) is 0.649. The van der Waals surface area contributed by atoms with Gasteiger partial charge in [0.2, 0.25) is 0 Å². The van der Waals surface area contributed by atoms with Crippen LogP contribution in [0.25, 0.3) is 0 Å². The summed E-state index contributed by atoms with van der Waals surface area (Å²) in [7, 11) is 2.01. The van der Waals surface area contributed by atoms with Gasteiger partial charge in [0.05, 0.1) is 5.92 Å². The van der Waals surface area contributed by atoms with Crippen LogP contribution in [0.15, 0.2) is 22.8 Å². The molecule has 18 heavy (non-hydrogen) atoms. The fourth-order valence-corrected chi connectivity index (χ4v) is 2.44. The van der Waals surface area contributed by atoms with Crippen molar-refractivity contribution < 1.29 is 13.2 Å². The Labute approximate surface area is 109 Å². The van der Waals surface area contributed by atoms with Crippen LogP contribution in [0.3, 0.4) is 0 Å².